The molecule has 0 aromatic rings. The van der Waals surface area contributed by atoms with E-state index in [4.69, 9.17) is 31.4 Å². The Bertz CT molecular complexity index is 86.1. The molecule has 0 bridgehead atoms. The van der Waals surface area contributed by atoms with Crippen molar-refractivity contribution in [3.63, 3.8) is 0 Å². The molecule has 0 saturated heterocycles. The van der Waals surface area contributed by atoms with E-state index in [0.717, 1.165) is 0 Å². The molecule has 0 saturated carbocycles. The van der Waals surface area contributed by atoms with Crippen LogP contribution >= 0.6 is 0 Å². The topological polar surface area (TPSA) is 106 Å². The Morgan fingerprint density at radius 2 is 1.33 bits per heavy atom. The van der Waals surface area contributed by atoms with Gasteiger partial charge in [0.2, 0.25) is 0 Å². The van der Waals surface area contributed by atoms with E-state index >= 15 is 0 Å². The third-order valence-electron chi connectivity index (χ3n) is 1.18. The first kappa shape index (κ1) is 11.8. The summed E-state index contributed by atoms with van der Waals surface area (Å²) in [4.78, 5) is 0. The zero-order valence-electron chi connectivity index (χ0n) is 7.07. The summed E-state index contributed by atoms with van der Waals surface area (Å²) in [5.41, 5.74) is 15.4. The molecule has 6 N–H and O–H groups in total. The maximum absolute atomic E-state index is 5.18. The summed E-state index contributed by atoms with van der Waals surface area (Å²) in [6.45, 7) is 1.19. The minimum atomic E-state index is -0.193. The van der Waals surface area contributed by atoms with Crippen molar-refractivity contribution in [3.8, 4) is 0 Å². The smallest absolute Gasteiger partial charge is 0.106 e. The van der Waals surface area contributed by atoms with Crippen LogP contribution in [0.25, 0.3) is 0 Å². The number of hydrogen-bond donors (Lipinski definition) is 3. The van der Waals surface area contributed by atoms with Gasteiger partial charge in [0, 0.05) is 0 Å². The van der Waals surface area contributed by atoms with Crippen molar-refractivity contribution in [2.75, 3.05) is 33.4 Å². The molecule has 6 heteroatoms. The lowest BCUT2D eigenvalue weighted by Gasteiger charge is -2.15. The minimum Gasteiger partial charge on any atom is -0.364 e. The van der Waals surface area contributed by atoms with Crippen molar-refractivity contribution in [1.82, 2.24) is 0 Å². The van der Waals surface area contributed by atoms with Crippen LogP contribution in [0.3, 0.4) is 0 Å². The molecule has 0 aromatic carbocycles. The predicted molar refractivity (Wildman–Crippen MR) is 43.9 cm³/mol. The summed E-state index contributed by atoms with van der Waals surface area (Å²) in [5.74, 6) is 0. The van der Waals surface area contributed by atoms with E-state index in [9.17, 15) is 0 Å². The monoisotopic (exact) mass is 179 g/mol. The molecule has 0 unspecified atom stereocenters. The molecule has 0 heterocycles. The van der Waals surface area contributed by atoms with E-state index in [1.807, 2.05) is 0 Å². The maximum atomic E-state index is 5.18. The molecule has 0 rings (SSSR count). The molecule has 74 valence electrons. The van der Waals surface area contributed by atoms with Crippen molar-refractivity contribution >= 4 is 0 Å². The van der Waals surface area contributed by atoms with Crippen molar-refractivity contribution in [3.05, 3.63) is 0 Å². The van der Waals surface area contributed by atoms with Crippen molar-refractivity contribution < 1.29 is 14.2 Å². The Hall–Kier alpha value is -0.240. The molecule has 6 nitrogen and oxygen atoms in total. The summed E-state index contributed by atoms with van der Waals surface area (Å²) < 4.78 is 14.9. The summed E-state index contributed by atoms with van der Waals surface area (Å²) in [7, 11) is 0. The quantitative estimate of drug-likeness (QED) is 0.378. The van der Waals surface area contributed by atoms with Gasteiger partial charge in [0.1, 0.15) is 6.10 Å². The number of nitrogens with two attached hydrogens (primary N) is 3. The van der Waals surface area contributed by atoms with Gasteiger partial charge in [-0.2, -0.15) is 0 Å². The molecule has 0 fully saturated rings. The summed E-state index contributed by atoms with van der Waals surface area (Å²) in [5, 5.41) is 0. The third-order valence-corrected chi connectivity index (χ3v) is 1.18. The lowest BCUT2D eigenvalue weighted by molar-refractivity contribution is -0.0565. The Morgan fingerprint density at radius 3 is 1.67 bits per heavy atom. The molecule has 0 atom stereocenters. The minimum absolute atomic E-state index is 0.131. The zero-order valence-corrected chi connectivity index (χ0v) is 7.07. The summed E-state index contributed by atoms with van der Waals surface area (Å²) >= 11 is 0. The normalized spacial score (nSPS) is 11.0. The first-order valence-electron chi connectivity index (χ1n) is 3.72. The van der Waals surface area contributed by atoms with Gasteiger partial charge in [-0.15, -0.1) is 0 Å². The van der Waals surface area contributed by atoms with E-state index < -0.39 is 0 Å². The Morgan fingerprint density at radius 1 is 0.833 bits per heavy atom. The fourth-order valence-corrected chi connectivity index (χ4v) is 0.679. The predicted octanol–water partition coefficient (Wildman–Crippen LogP) is -1.85. The third kappa shape index (κ3) is 6.47. The average Bonchev–Trinajstić information content (AvgIpc) is 2.10. The molecule has 0 aliphatic heterocycles. The molecular weight excluding hydrogens is 162 g/mol. The molecule has 0 radical (unpaired) electrons. The lowest BCUT2D eigenvalue weighted by atomic mass is 10.4. The Labute approximate surface area is 71.9 Å². The van der Waals surface area contributed by atoms with E-state index in [0.29, 0.717) is 13.2 Å². The van der Waals surface area contributed by atoms with Crippen LogP contribution in [0.5, 0.6) is 0 Å². The maximum Gasteiger partial charge on any atom is 0.106 e. The van der Waals surface area contributed by atoms with Crippen LogP contribution in [0, 0.1) is 0 Å². The average molecular weight is 179 g/mol. The zero-order chi connectivity index (χ0) is 9.23. The Balaban J connectivity index is 3.40. The standard InChI is InChI=1S/C6H17N3O3/c7-3-10-1-6(12-5-9)2-11-4-8/h6H,1-5,7-9H2. The van der Waals surface area contributed by atoms with Gasteiger partial charge in [-0.1, -0.05) is 0 Å². The molecule has 0 aromatic heterocycles. The SMILES string of the molecule is NCOCC(COCN)OCN. The number of ether oxygens (including phenoxy) is 3. The van der Waals surface area contributed by atoms with Gasteiger partial charge in [-0.05, 0) is 0 Å². The molecule has 0 amide bonds. The molecule has 0 aliphatic carbocycles. The van der Waals surface area contributed by atoms with Crippen LogP contribution in [0.2, 0.25) is 0 Å². The fraction of sp³-hybridized carbons (Fsp3) is 1.00. The first-order chi connectivity index (χ1) is 5.85. The van der Waals surface area contributed by atoms with Crippen LogP contribution in [0.4, 0.5) is 0 Å². The van der Waals surface area contributed by atoms with Crippen LogP contribution in [-0.4, -0.2) is 39.5 Å². The highest BCUT2D eigenvalue weighted by Crippen LogP contribution is 1.92. The van der Waals surface area contributed by atoms with Crippen LogP contribution in [-0.2, 0) is 14.2 Å². The number of hydrogen-bond acceptors (Lipinski definition) is 6. The highest BCUT2D eigenvalue weighted by atomic mass is 16.6. The highest BCUT2D eigenvalue weighted by molar-refractivity contribution is 4.53. The van der Waals surface area contributed by atoms with Gasteiger partial charge in [0.05, 0.1) is 33.4 Å². The van der Waals surface area contributed by atoms with Crippen molar-refractivity contribution in [2.45, 2.75) is 6.10 Å². The lowest BCUT2D eigenvalue weighted by Crippen LogP contribution is -2.30. The van der Waals surface area contributed by atoms with Crippen molar-refractivity contribution in [2.24, 2.45) is 17.2 Å². The van der Waals surface area contributed by atoms with Gasteiger partial charge < -0.3 is 31.4 Å². The fourth-order valence-electron chi connectivity index (χ4n) is 0.679. The summed E-state index contributed by atoms with van der Waals surface area (Å²) in [6, 6.07) is 0. The van der Waals surface area contributed by atoms with Gasteiger partial charge in [0.15, 0.2) is 0 Å². The molecular formula is C6H17N3O3. The second-order valence-corrected chi connectivity index (χ2v) is 2.03. The van der Waals surface area contributed by atoms with E-state index in [1.165, 1.54) is 0 Å². The largest absolute Gasteiger partial charge is 0.364 e. The molecule has 0 aliphatic rings. The molecule has 12 heavy (non-hydrogen) atoms. The van der Waals surface area contributed by atoms with Crippen LogP contribution in [0.15, 0.2) is 0 Å². The highest BCUT2D eigenvalue weighted by Gasteiger charge is 2.07. The van der Waals surface area contributed by atoms with Gasteiger partial charge >= 0.3 is 0 Å². The second-order valence-electron chi connectivity index (χ2n) is 2.03. The van der Waals surface area contributed by atoms with Crippen LogP contribution in [0.1, 0.15) is 0 Å². The van der Waals surface area contributed by atoms with E-state index in [2.05, 4.69) is 0 Å². The van der Waals surface area contributed by atoms with Gasteiger partial charge in [-0.3, -0.25) is 0 Å². The first-order valence-corrected chi connectivity index (χ1v) is 3.72. The van der Waals surface area contributed by atoms with Gasteiger partial charge in [0.25, 0.3) is 0 Å². The van der Waals surface area contributed by atoms with Crippen molar-refractivity contribution in [1.29, 1.82) is 0 Å². The summed E-state index contributed by atoms with van der Waals surface area (Å²) in [6.07, 6.45) is -0.193. The van der Waals surface area contributed by atoms with Gasteiger partial charge in [-0.25, -0.2) is 0 Å². The number of rotatable bonds is 8. The molecule has 0 spiro atoms. The second kappa shape index (κ2) is 8.85. The Kier molecular flexibility index (Phi) is 8.68. The van der Waals surface area contributed by atoms with E-state index in [1.54, 1.807) is 0 Å². The van der Waals surface area contributed by atoms with E-state index in [-0.39, 0.29) is 26.3 Å². The van der Waals surface area contributed by atoms with Crippen LogP contribution < -0.4 is 17.2 Å².